The molecule has 0 radical (unpaired) electrons. The van der Waals surface area contributed by atoms with E-state index in [4.69, 9.17) is 116 Å². The fourth-order valence-corrected chi connectivity index (χ4v) is 11.3. The van der Waals surface area contributed by atoms with E-state index >= 15 is 0 Å². The summed E-state index contributed by atoms with van der Waals surface area (Å²) in [6.45, 7) is 37.9. The maximum atomic E-state index is 13.1. The second-order valence-corrected chi connectivity index (χ2v) is 30.4. The first kappa shape index (κ1) is 92.4. The summed E-state index contributed by atoms with van der Waals surface area (Å²) in [7, 11) is 0. The van der Waals surface area contributed by atoms with Crippen LogP contribution in [0.4, 0.5) is 17.6 Å². The second-order valence-electron chi connectivity index (χ2n) is 26.3. The summed E-state index contributed by atoms with van der Waals surface area (Å²) < 4.78 is 51.8. The quantitative estimate of drug-likeness (QED) is 0.0668. The molecule has 96 heavy (non-hydrogen) atoms. The molecular weight excluding hydrogens is 1420 g/mol. The highest BCUT2D eigenvalue weighted by atomic mass is 35.5. The van der Waals surface area contributed by atoms with Gasteiger partial charge in [0.25, 0.3) is 0 Å². The molecule has 0 spiro atoms. The molecule has 0 aliphatic heterocycles. The van der Waals surface area contributed by atoms with Crippen molar-refractivity contribution in [3.05, 3.63) is 276 Å². The van der Waals surface area contributed by atoms with Crippen LogP contribution in [0, 0.1) is 70.6 Å². The molecule has 0 atom stereocenters. The van der Waals surface area contributed by atoms with Crippen LogP contribution in [0.3, 0.4) is 0 Å². The second kappa shape index (κ2) is 51.5. The lowest BCUT2D eigenvalue weighted by Crippen LogP contribution is -2.03. The minimum Gasteiger partial charge on any atom is -0.207 e. The lowest BCUT2D eigenvalue weighted by molar-refractivity contribution is 0.467. The van der Waals surface area contributed by atoms with Gasteiger partial charge in [0.05, 0.1) is 10.0 Å². The average molecular weight is 1520 g/mol. The Balaban J connectivity index is 0.00000107. The molecule has 0 amide bonds. The maximum Gasteiger partial charge on any atom is 0.164 e. The average Bonchev–Trinajstić information content (AvgIpc) is 0.912. The number of halogens is 14. The first-order valence-electron chi connectivity index (χ1n) is 33.1. The van der Waals surface area contributed by atoms with Crippen molar-refractivity contribution in [3.8, 4) is 0 Å². The number of hydrogen-bond acceptors (Lipinski definition) is 0. The Hall–Kier alpha value is -3.62. The van der Waals surface area contributed by atoms with Crippen LogP contribution in [-0.4, -0.2) is 0 Å². The summed E-state index contributed by atoms with van der Waals surface area (Å²) in [5.74, 6) is 1.49. The fourth-order valence-electron chi connectivity index (χ4n) is 9.04. The fraction of sp³-hybridized carbons (Fsp3) is 0.415. The zero-order chi connectivity index (χ0) is 73.4. The van der Waals surface area contributed by atoms with Crippen molar-refractivity contribution >= 4 is 116 Å². The molecule has 0 heterocycles. The van der Waals surface area contributed by atoms with Crippen molar-refractivity contribution in [3.63, 3.8) is 0 Å². The van der Waals surface area contributed by atoms with Gasteiger partial charge >= 0.3 is 0 Å². The van der Waals surface area contributed by atoms with Crippen LogP contribution in [0.2, 0.25) is 50.2 Å². The molecule has 0 nitrogen and oxygen atoms in total. The minimum atomic E-state index is -1.06. The largest absolute Gasteiger partial charge is 0.207 e. The molecule has 0 aliphatic rings. The number of rotatable bonds is 16. The van der Waals surface area contributed by atoms with E-state index in [1.54, 1.807) is 18.2 Å². The van der Waals surface area contributed by atoms with Crippen molar-refractivity contribution in [1.82, 2.24) is 0 Å². The summed E-state index contributed by atoms with van der Waals surface area (Å²) in [6, 6.07) is 47.9. The van der Waals surface area contributed by atoms with E-state index in [9.17, 15) is 17.6 Å². The van der Waals surface area contributed by atoms with Crippen LogP contribution < -0.4 is 0 Å². The Bertz CT molecular complexity index is 3290. The molecule has 0 aromatic heterocycles. The Kier molecular flexibility index (Phi) is 49.6. The van der Waals surface area contributed by atoms with E-state index in [2.05, 4.69) is 119 Å². The highest BCUT2D eigenvalue weighted by Gasteiger charge is 2.15. The van der Waals surface area contributed by atoms with Crippen LogP contribution in [0.25, 0.3) is 0 Å². The van der Waals surface area contributed by atoms with Gasteiger partial charge in [0.1, 0.15) is 11.6 Å². The smallest absolute Gasteiger partial charge is 0.164 e. The van der Waals surface area contributed by atoms with Crippen molar-refractivity contribution in [2.24, 2.45) is 47.3 Å². The van der Waals surface area contributed by atoms with Gasteiger partial charge in [-0.2, -0.15) is 0 Å². The van der Waals surface area contributed by atoms with E-state index in [0.29, 0.717) is 67.6 Å². The summed E-state index contributed by atoms with van der Waals surface area (Å²) in [5.41, 5.74) is 7.69. The van der Waals surface area contributed by atoms with Gasteiger partial charge in [-0.3, -0.25) is 0 Å². The topological polar surface area (TPSA) is 0 Å². The van der Waals surface area contributed by atoms with Crippen LogP contribution in [-0.2, 0) is 51.4 Å². The third-order valence-corrected chi connectivity index (χ3v) is 16.6. The summed E-state index contributed by atoms with van der Waals surface area (Å²) in [6.07, 6.45) is 7.11. The molecule has 0 fully saturated rings. The van der Waals surface area contributed by atoms with Gasteiger partial charge in [-0.25, -0.2) is 17.6 Å². The monoisotopic (exact) mass is 1510 g/mol. The molecule has 0 bridgehead atoms. The van der Waals surface area contributed by atoms with Gasteiger partial charge in [0, 0.05) is 51.3 Å². The third kappa shape index (κ3) is 41.2. The van der Waals surface area contributed by atoms with Gasteiger partial charge in [-0.05, 0) is 211 Å². The molecule has 0 aliphatic carbocycles. The molecular formula is C82H104Cl10F4. The van der Waals surface area contributed by atoms with Gasteiger partial charge in [-0.1, -0.05) is 319 Å². The highest BCUT2D eigenvalue weighted by Crippen LogP contribution is 2.30. The normalized spacial score (nSPS) is 10.5. The Morgan fingerprint density at radius 1 is 0.250 bits per heavy atom. The first-order chi connectivity index (χ1) is 45.0. The zero-order valence-electron chi connectivity index (χ0n) is 59.6. The maximum absolute atomic E-state index is 13.1. The van der Waals surface area contributed by atoms with Crippen LogP contribution >= 0.6 is 116 Å². The van der Waals surface area contributed by atoms with Crippen molar-refractivity contribution in [1.29, 1.82) is 0 Å². The highest BCUT2D eigenvalue weighted by molar-refractivity contribution is 6.42. The predicted octanol–water partition coefficient (Wildman–Crippen LogP) is 31.2. The van der Waals surface area contributed by atoms with Crippen LogP contribution in [0.15, 0.2) is 158 Å². The summed E-state index contributed by atoms with van der Waals surface area (Å²) in [5, 5.41) is 7.37. The molecule has 14 heteroatoms. The van der Waals surface area contributed by atoms with E-state index < -0.39 is 17.5 Å². The van der Waals surface area contributed by atoms with Crippen molar-refractivity contribution in [2.45, 2.75) is 176 Å². The van der Waals surface area contributed by atoms with Crippen molar-refractivity contribution < 1.29 is 17.6 Å². The molecule has 0 saturated heterocycles. The Morgan fingerprint density at radius 2 is 0.594 bits per heavy atom. The Labute approximate surface area is 627 Å². The Morgan fingerprint density at radius 3 is 1.08 bits per heavy atom. The van der Waals surface area contributed by atoms with Crippen LogP contribution in [0.5, 0.6) is 0 Å². The van der Waals surface area contributed by atoms with E-state index in [1.165, 1.54) is 29.2 Å². The summed E-state index contributed by atoms with van der Waals surface area (Å²) >= 11 is 59.2. The number of benzene rings is 8. The SMILES string of the molecule is CC.CC(C)Cc1c(Cl)cccc1Cl.CC(C)Cc1c(F)ccc(F)c1F.CC(C)Cc1c(F)cccc1Cl.CC(C)Cc1cc(Cl)ccc1Cl.CC(C)Cc1ccc(Cl)cc1Cl.CC(C)Cc1cccc(Cl)c1Cl.CC(C)Cc1ccccc1.CC(C)Cc1ccccc1Cl. The standard InChI is InChI=1S/4C10H12Cl2.C10H12ClF.C10H13Cl.C10H11F3.C10H14.C2H6/c1-7(2)5-8-6-9(11)3-4-10(8)12;1-7(2)5-8-3-4-9(11)6-10(8)12;1-7(2)6-8-9(11)4-3-5-10(8)12;1-7(2)6-8-4-3-5-9(11)10(8)12;1-7(2)6-8-9(11)4-3-5-10(8)12;1-8(2)7-9-5-3-4-6-10(9)11;1-6(2)5-7-8(11)3-4-9(12)10(7)13;1-9(2)8-10-6-4-3-5-7-10;1-2/h2*3-4,6-7H,5H2,1-2H3;3*3-5,7H,6H2,1-2H3;3-6,8H,7H2,1-2H3;3-4,6H,5H2,1-2H3;3-7,9H,8H2,1-2H3;1-2H3. The van der Waals surface area contributed by atoms with Gasteiger partial charge in [0.15, 0.2) is 11.6 Å². The van der Waals surface area contributed by atoms with E-state index in [-0.39, 0.29) is 23.7 Å². The molecule has 8 aromatic carbocycles. The molecule has 8 aromatic rings. The van der Waals surface area contributed by atoms with Crippen LogP contribution in [0.1, 0.15) is 169 Å². The molecule has 0 N–H and O–H groups in total. The lowest BCUT2D eigenvalue weighted by atomic mass is 10.0. The van der Waals surface area contributed by atoms with Gasteiger partial charge in [0.2, 0.25) is 0 Å². The van der Waals surface area contributed by atoms with E-state index in [0.717, 1.165) is 97.0 Å². The van der Waals surface area contributed by atoms with Gasteiger partial charge < -0.3 is 0 Å². The third-order valence-electron chi connectivity index (χ3n) is 13.1. The molecule has 0 saturated carbocycles. The van der Waals surface area contributed by atoms with Gasteiger partial charge in [-0.15, -0.1) is 0 Å². The first-order valence-corrected chi connectivity index (χ1v) is 36.9. The molecule has 530 valence electrons. The summed E-state index contributed by atoms with van der Waals surface area (Å²) in [4.78, 5) is 0. The molecule has 0 unspecified atom stereocenters. The molecule has 8 rings (SSSR count). The number of hydrogen-bond donors (Lipinski definition) is 0. The van der Waals surface area contributed by atoms with E-state index in [1.807, 2.05) is 126 Å². The minimum absolute atomic E-state index is 0.103. The van der Waals surface area contributed by atoms with Crippen molar-refractivity contribution in [2.75, 3.05) is 0 Å². The lowest BCUT2D eigenvalue weighted by Gasteiger charge is -2.08. The predicted molar refractivity (Wildman–Crippen MR) is 421 cm³/mol. The zero-order valence-corrected chi connectivity index (χ0v) is 67.1.